The first-order valence-electron chi connectivity index (χ1n) is 6.13. The van der Waals surface area contributed by atoms with Gasteiger partial charge in [0, 0.05) is 34.4 Å². The molecule has 0 aliphatic carbocycles. The van der Waals surface area contributed by atoms with Crippen molar-refractivity contribution in [3.63, 3.8) is 0 Å². The molecule has 0 fully saturated rings. The van der Waals surface area contributed by atoms with Gasteiger partial charge >= 0.3 is 0 Å². The monoisotopic (exact) mass is 292 g/mol. The lowest BCUT2D eigenvalue weighted by atomic mass is 10.2. The zero-order chi connectivity index (χ0) is 14.9. The van der Waals surface area contributed by atoms with Gasteiger partial charge in [0.2, 0.25) is 5.91 Å². The van der Waals surface area contributed by atoms with Gasteiger partial charge in [-0.15, -0.1) is 11.3 Å². The van der Waals surface area contributed by atoms with Crippen molar-refractivity contribution >= 4 is 38.9 Å². The molecule has 0 atom stereocenters. The van der Waals surface area contributed by atoms with E-state index < -0.39 is 5.91 Å². The molecule has 20 heavy (non-hydrogen) atoms. The molecule has 0 aliphatic heterocycles. The maximum absolute atomic E-state index is 12.1. The summed E-state index contributed by atoms with van der Waals surface area (Å²) in [5.41, 5.74) is 13.2. The van der Waals surface area contributed by atoms with Crippen molar-refractivity contribution in [3.05, 3.63) is 22.3 Å². The van der Waals surface area contributed by atoms with Crippen LogP contribution in [0.5, 0.6) is 0 Å². The fourth-order valence-corrected chi connectivity index (χ4v) is 3.21. The topological polar surface area (TPSA) is 111 Å². The van der Waals surface area contributed by atoms with Crippen molar-refractivity contribution in [2.75, 3.05) is 12.3 Å². The number of hydrogen-bond acceptors (Lipinski definition) is 5. The summed E-state index contributed by atoms with van der Waals surface area (Å²) in [6, 6.07) is 1.91. The number of nitrogens with zero attached hydrogens (tertiary/aromatic N) is 1. The molecule has 0 saturated carbocycles. The van der Waals surface area contributed by atoms with E-state index in [4.69, 9.17) is 11.5 Å². The number of amides is 2. The highest BCUT2D eigenvalue weighted by molar-refractivity contribution is 7.21. The van der Waals surface area contributed by atoms with Gasteiger partial charge in [-0.05, 0) is 19.9 Å². The van der Waals surface area contributed by atoms with E-state index in [0.717, 1.165) is 21.5 Å². The number of primary amides is 1. The van der Waals surface area contributed by atoms with Crippen LogP contribution in [0.3, 0.4) is 0 Å². The number of thiophene rings is 1. The number of anilines is 1. The Kier molecular flexibility index (Phi) is 3.89. The summed E-state index contributed by atoms with van der Waals surface area (Å²) >= 11 is 1.33. The number of aryl methyl sites for hydroxylation is 2. The normalized spacial score (nSPS) is 10.7. The minimum absolute atomic E-state index is 0.107. The van der Waals surface area contributed by atoms with Crippen LogP contribution in [0.2, 0.25) is 0 Å². The lowest BCUT2D eigenvalue weighted by Crippen LogP contribution is -2.27. The van der Waals surface area contributed by atoms with Crippen LogP contribution in [0.1, 0.15) is 27.5 Å². The van der Waals surface area contributed by atoms with Gasteiger partial charge in [-0.1, -0.05) is 0 Å². The summed E-state index contributed by atoms with van der Waals surface area (Å²) in [6.07, 6.45) is 0.107. The van der Waals surface area contributed by atoms with Crippen LogP contribution in [0.4, 0.5) is 5.69 Å². The number of nitrogens with two attached hydrogens (primary N) is 2. The summed E-state index contributed by atoms with van der Waals surface area (Å²) in [5, 5.41) is 3.46. The van der Waals surface area contributed by atoms with Crippen LogP contribution in [-0.2, 0) is 4.79 Å². The van der Waals surface area contributed by atoms with E-state index >= 15 is 0 Å². The number of carbonyl (C=O) groups is 2. The molecular formula is C13H16N4O2S. The third kappa shape index (κ3) is 2.72. The van der Waals surface area contributed by atoms with E-state index in [2.05, 4.69) is 10.3 Å². The molecule has 0 aliphatic rings. The number of aromatic nitrogens is 1. The van der Waals surface area contributed by atoms with Gasteiger partial charge in [0.25, 0.3) is 5.91 Å². The maximum atomic E-state index is 12.1. The fourth-order valence-electron chi connectivity index (χ4n) is 2.03. The van der Waals surface area contributed by atoms with Gasteiger partial charge in [-0.3, -0.25) is 14.6 Å². The Labute approximate surface area is 120 Å². The minimum Gasteiger partial charge on any atom is -0.397 e. The average molecular weight is 292 g/mol. The van der Waals surface area contributed by atoms with Gasteiger partial charge in [-0.25, -0.2) is 0 Å². The zero-order valence-corrected chi connectivity index (χ0v) is 12.1. The number of fused-ring (bicyclic) bond motifs is 1. The lowest BCUT2D eigenvalue weighted by Gasteiger charge is -2.02. The highest BCUT2D eigenvalue weighted by Crippen LogP contribution is 2.35. The fraction of sp³-hybridized carbons (Fsp3) is 0.308. The van der Waals surface area contributed by atoms with E-state index in [-0.39, 0.29) is 18.9 Å². The van der Waals surface area contributed by atoms with E-state index in [1.165, 1.54) is 11.3 Å². The smallest absolute Gasteiger partial charge is 0.263 e. The predicted octanol–water partition coefficient (Wildman–Crippen LogP) is 1.10. The molecular weight excluding hydrogens is 276 g/mol. The van der Waals surface area contributed by atoms with Crippen LogP contribution in [0.25, 0.3) is 10.1 Å². The molecule has 0 spiro atoms. The highest BCUT2D eigenvalue weighted by Gasteiger charge is 2.18. The first kappa shape index (κ1) is 14.3. The first-order valence-corrected chi connectivity index (χ1v) is 6.94. The number of nitrogens with one attached hydrogen (secondary N) is 1. The summed E-state index contributed by atoms with van der Waals surface area (Å²) in [7, 11) is 0. The maximum Gasteiger partial charge on any atom is 0.263 e. The largest absolute Gasteiger partial charge is 0.397 e. The van der Waals surface area contributed by atoms with Crippen LogP contribution >= 0.6 is 11.3 Å². The summed E-state index contributed by atoms with van der Waals surface area (Å²) in [4.78, 5) is 27.5. The summed E-state index contributed by atoms with van der Waals surface area (Å²) < 4.78 is 0.938. The average Bonchev–Trinajstić information content (AvgIpc) is 2.65. The molecule has 5 N–H and O–H groups in total. The summed E-state index contributed by atoms with van der Waals surface area (Å²) in [6.45, 7) is 3.97. The molecule has 2 rings (SSSR count). The Bertz CT molecular complexity index is 693. The highest BCUT2D eigenvalue weighted by atomic mass is 32.1. The molecule has 2 heterocycles. The molecule has 7 heteroatoms. The Morgan fingerprint density at radius 2 is 2.10 bits per heavy atom. The van der Waals surface area contributed by atoms with Gasteiger partial charge in [0.15, 0.2) is 0 Å². The second-order valence-electron chi connectivity index (χ2n) is 4.54. The van der Waals surface area contributed by atoms with E-state index in [9.17, 15) is 9.59 Å². The molecule has 0 aromatic carbocycles. The number of hydrogen-bond donors (Lipinski definition) is 3. The van der Waals surface area contributed by atoms with Crippen molar-refractivity contribution in [2.24, 2.45) is 5.73 Å². The van der Waals surface area contributed by atoms with Crippen LogP contribution in [0, 0.1) is 13.8 Å². The molecule has 0 bridgehead atoms. The van der Waals surface area contributed by atoms with Crippen LogP contribution in [-0.4, -0.2) is 23.3 Å². The zero-order valence-electron chi connectivity index (χ0n) is 11.3. The number of nitrogen functional groups attached to an aromatic ring is 1. The first-order chi connectivity index (χ1) is 9.40. The molecule has 106 valence electrons. The second-order valence-corrected chi connectivity index (χ2v) is 5.59. The molecule has 2 aromatic heterocycles. The Balaban J connectivity index is 2.31. The van der Waals surface area contributed by atoms with Gasteiger partial charge in [-0.2, -0.15) is 0 Å². The van der Waals surface area contributed by atoms with Crippen molar-refractivity contribution in [2.45, 2.75) is 20.3 Å². The number of rotatable bonds is 4. The second kappa shape index (κ2) is 5.46. The van der Waals surface area contributed by atoms with Gasteiger partial charge in [0.1, 0.15) is 4.88 Å². The number of pyridine rings is 1. The van der Waals surface area contributed by atoms with Crippen molar-refractivity contribution < 1.29 is 9.59 Å². The van der Waals surface area contributed by atoms with Crippen molar-refractivity contribution in [3.8, 4) is 0 Å². The molecule has 6 nitrogen and oxygen atoms in total. The van der Waals surface area contributed by atoms with E-state index in [1.807, 2.05) is 19.9 Å². The molecule has 2 aromatic rings. The summed E-state index contributed by atoms with van der Waals surface area (Å²) in [5.74, 6) is -0.743. The molecule has 0 unspecified atom stereocenters. The third-order valence-electron chi connectivity index (χ3n) is 2.88. The van der Waals surface area contributed by atoms with Gasteiger partial charge in [0.05, 0.1) is 5.69 Å². The van der Waals surface area contributed by atoms with Crippen molar-refractivity contribution in [1.29, 1.82) is 0 Å². The van der Waals surface area contributed by atoms with Gasteiger partial charge < -0.3 is 16.8 Å². The minimum atomic E-state index is -0.453. The van der Waals surface area contributed by atoms with E-state index in [0.29, 0.717) is 10.6 Å². The quantitative estimate of drug-likeness (QED) is 0.783. The Morgan fingerprint density at radius 1 is 1.40 bits per heavy atom. The van der Waals surface area contributed by atoms with Crippen LogP contribution < -0.4 is 16.8 Å². The predicted molar refractivity (Wildman–Crippen MR) is 79.7 cm³/mol. The molecule has 0 saturated heterocycles. The number of carbonyl (C=O) groups excluding carboxylic acids is 2. The Morgan fingerprint density at radius 3 is 2.75 bits per heavy atom. The SMILES string of the molecule is Cc1cc2sc(C(=O)NCCC(N)=O)c(N)c2c(C)n1. The lowest BCUT2D eigenvalue weighted by molar-refractivity contribution is -0.117. The molecule has 0 radical (unpaired) electrons. The molecule has 2 amide bonds. The standard InChI is InChI=1S/C13H16N4O2S/c1-6-5-8-10(7(2)17-6)11(15)12(20-8)13(19)16-4-3-9(14)18/h5H,3-4,15H2,1-2H3,(H2,14,18)(H,16,19). The van der Waals surface area contributed by atoms with Crippen LogP contribution in [0.15, 0.2) is 6.07 Å². The third-order valence-corrected chi connectivity index (χ3v) is 4.03. The van der Waals surface area contributed by atoms with E-state index in [1.54, 1.807) is 0 Å². The Hall–Kier alpha value is -2.15. The van der Waals surface area contributed by atoms with Crippen molar-refractivity contribution in [1.82, 2.24) is 10.3 Å².